The molecule has 0 bridgehead atoms. The van der Waals surface area contributed by atoms with Gasteiger partial charge in [0.05, 0.1) is 12.2 Å². The Morgan fingerprint density at radius 3 is 2.92 bits per heavy atom. The van der Waals surface area contributed by atoms with Gasteiger partial charge >= 0.3 is 0 Å². The molecule has 0 fully saturated rings. The topological polar surface area (TPSA) is 118 Å². The van der Waals surface area contributed by atoms with Crippen LogP contribution in [0.4, 0.5) is 5.82 Å². The molecule has 8 nitrogen and oxygen atoms in total. The van der Waals surface area contributed by atoms with Gasteiger partial charge in [-0.25, -0.2) is 15.8 Å². The van der Waals surface area contributed by atoms with E-state index in [0.717, 1.165) is 43.1 Å². The van der Waals surface area contributed by atoms with Gasteiger partial charge < -0.3 is 21.4 Å². The van der Waals surface area contributed by atoms with Crippen molar-refractivity contribution in [1.82, 2.24) is 25.3 Å². The van der Waals surface area contributed by atoms with E-state index >= 15 is 0 Å². The summed E-state index contributed by atoms with van der Waals surface area (Å²) >= 11 is 0. The number of pyridine rings is 1. The van der Waals surface area contributed by atoms with E-state index in [0.29, 0.717) is 18.9 Å². The summed E-state index contributed by atoms with van der Waals surface area (Å²) < 4.78 is 0. The molecular weight excluding hydrogens is 316 g/mol. The molecule has 3 heterocycles. The molecule has 0 aliphatic carbocycles. The van der Waals surface area contributed by atoms with E-state index in [1.807, 2.05) is 18.2 Å². The molecule has 0 amide bonds. The lowest BCUT2D eigenvalue weighted by atomic mass is 10.1. The van der Waals surface area contributed by atoms with Crippen molar-refractivity contribution >= 4 is 5.82 Å². The molecule has 0 radical (unpaired) electrons. The van der Waals surface area contributed by atoms with E-state index in [1.54, 1.807) is 12.4 Å². The second kappa shape index (κ2) is 8.41. The Morgan fingerprint density at radius 1 is 1.24 bits per heavy atom. The third kappa shape index (κ3) is 4.43. The van der Waals surface area contributed by atoms with Crippen LogP contribution in [0.15, 0.2) is 36.8 Å². The summed E-state index contributed by atoms with van der Waals surface area (Å²) in [6.45, 7) is 3.11. The molecule has 1 aliphatic heterocycles. The van der Waals surface area contributed by atoms with E-state index in [2.05, 4.69) is 15.6 Å². The standard InChI is InChI=1S/C17H24N8/c18-6-11-25(19)12-10-22-16-13-4-8-20-9-5-14(13)23-17(24-16)15-3-1-2-7-21-15/h1-3,6-7,11,20H,4-5,8-10,12,18-19H2,(H,22,23,24)/b11-6-. The molecule has 8 heteroatoms. The van der Waals surface area contributed by atoms with Crippen molar-refractivity contribution in [1.29, 1.82) is 0 Å². The average Bonchev–Trinajstić information content (AvgIpc) is 2.88. The minimum absolute atomic E-state index is 0.615. The second-order valence-electron chi connectivity index (χ2n) is 5.79. The second-order valence-corrected chi connectivity index (χ2v) is 5.79. The van der Waals surface area contributed by atoms with Crippen molar-refractivity contribution in [2.24, 2.45) is 11.6 Å². The van der Waals surface area contributed by atoms with Gasteiger partial charge in [-0.2, -0.15) is 0 Å². The molecule has 0 atom stereocenters. The fourth-order valence-corrected chi connectivity index (χ4v) is 2.79. The Kier molecular flexibility index (Phi) is 5.76. The first-order valence-corrected chi connectivity index (χ1v) is 8.43. The highest BCUT2D eigenvalue weighted by atomic mass is 15.4. The van der Waals surface area contributed by atoms with Gasteiger partial charge in [-0.3, -0.25) is 4.98 Å². The zero-order chi connectivity index (χ0) is 17.5. The number of aromatic nitrogens is 3. The van der Waals surface area contributed by atoms with E-state index in [-0.39, 0.29) is 0 Å². The van der Waals surface area contributed by atoms with Crippen LogP contribution in [0.5, 0.6) is 0 Å². The molecule has 25 heavy (non-hydrogen) atoms. The van der Waals surface area contributed by atoms with Gasteiger partial charge in [0, 0.05) is 43.7 Å². The fourth-order valence-electron chi connectivity index (χ4n) is 2.79. The summed E-state index contributed by atoms with van der Waals surface area (Å²) in [6.07, 6.45) is 6.58. The Hall–Kier alpha value is -2.71. The first-order valence-electron chi connectivity index (χ1n) is 8.43. The molecule has 0 saturated carbocycles. The number of nitrogens with zero attached hydrogens (tertiary/aromatic N) is 4. The Balaban J connectivity index is 1.86. The maximum Gasteiger partial charge on any atom is 0.180 e. The first-order chi connectivity index (χ1) is 12.3. The van der Waals surface area contributed by atoms with Crippen LogP contribution in [-0.2, 0) is 12.8 Å². The number of rotatable bonds is 6. The van der Waals surface area contributed by atoms with Crippen LogP contribution >= 0.6 is 0 Å². The van der Waals surface area contributed by atoms with Crippen molar-refractivity contribution in [3.63, 3.8) is 0 Å². The summed E-state index contributed by atoms with van der Waals surface area (Å²) in [6, 6.07) is 5.75. The van der Waals surface area contributed by atoms with Crippen molar-refractivity contribution in [2.75, 3.05) is 31.5 Å². The summed E-state index contributed by atoms with van der Waals surface area (Å²) in [7, 11) is 0. The van der Waals surface area contributed by atoms with Gasteiger partial charge in [0.1, 0.15) is 11.5 Å². The number of nitrogens with one attached hydrogen (secondary N) is 2. The zero-order valence-corrected chi connectivity index (χ0v) is 14.2. The van der Waals surface area contributed by atoms with E-state index in [9.17, 15) is 0 Å². The Morgan fingerprint density at radius 2 is 2.12 bits per heavy atom. The van der Waals surface area contributed by atoms with Gasteiger partial charge in [-0.1, -0.05) is 6.07 Å². The smallest absolute Gasteiger partial charge is 0.180 e. The first kappa shape index (κ1) is 17.1. The minimum Gasteiger partial charge on any atom is -0.403 e. The van der Waals surface area contributed by atoms with Crippen molar-refractivity contribution in [3.05, 3.63) is 48.1 Å². The van der Waals surface area contributed by atoms with Gasteiger partial charge in [-0.15, -0.1) is 0 Å². The number of hydrazine groups is 1. The molecule has 6 N–H and O–H groups in total. The fraction of sp³-hybridized carbons (Fsp3) is 0.353. The molecule has 0 unspecified atom stereocenters. The van der Waals surface area contributed by atoms with Crippen LogP contribution in [-0.4, -0.2) is 46.1 Å². The number of fused-ring (bicyclic) bond motifs is 1. The summed E-state index contributed by atoms with van der Waals surface area (Å²) in [5.41, 5.74) is 8.37. The summed E-state index contributed by atoms with van der Waals surface area (Å²) in [5, 5.41) is 8.34. The van der Waals surface area contributed by atoms with Gasteiger partial charge in [0.25, 0.3) is 0 Å². The van der Waals surface area contributed by atoms with E-state index in [4.69, 9.17) is 21.5 Å². The third-order valence-corrected chi connectivity index (χ3v) is 4.02. The molecular formula is C17H24N8. The molecule has 0 saturated heterocycles. The average molecular weight is 340 g/mol. The highest BCUT2D eigenvalue weighted by molar-refractivity contribution is 5.57. The van der Waals surface area contributed by atoms with Gasteiger partial charge in [-0.05, 0) is 25.1 Å². The lowest BCUT2D eigenvalue weighted by molar-refractivity contribution is 0.408. The van der Waals surface area contributed by atoms with E-state index < -0.39 is 0 Å². The van der Waals surface area contributed by atoms with Crippen molar-refractivity contribution in [2.45, 2.75) is 12.8 Å². The van der Waals surface area contributed by atoms with Crippen LogP contribution in [0.3, 0.4) is 0 Å². The van der Waals surface area contributed by atoms with Gasteiger partial charge in [0.2, 0.25) is 0 Å². The molecule has 132 valence electrons. The quantitative estimate of drug-likeness (QED) is 0.436. The number of hydrogen-bond acceptors (Lipinski definition) is 8. The third-order valence-electron chi connectivity index (χ3n) is 4.02. The SMILES string of the molecule is N/C=C\N(N)CCNc1nc(-c2ccccn2)nc2c1CCNCC2. The van der Waals surface area contributed by atoms with E-state index in [1.165, 1.54) is 16.8 Å². The number of hydrogen-bond donors (Lipinski definition) is 4. The molecule has 1 aliphatic rings. The van der Waals surface area contributed by atoms with Crippen molar-refractivity contribution in [3.8, 4) is 11.5 Å². The highest BCUT2D eigenvalue weighted by Crippen LogP contribution is 2.23. The molecule has 2 aromatic heterocycles. The largest absolute Gasteiger partial charge is 0.403 e. The lowest BCUT2D eigenvalue weighted by Crippen LogP contribution is -2.31. The predicted octanol–water partition coefficient (Wildman–Crippen LogP) is 0.244. The Labute approximate surface area is 147 Å². The minimum atomic E-state index is 0.615. The maximum atomic E-state index is 5.81. The van der Waals surface area contributed by atoms with Crippen molar-refractivity contribution < 1.29 is 0 Å². The molecule has 2 aromatic rings. The van der Waals surface area contributed by atoms with Crippen LogP contribution in [0.25, 0.3) is 11.5 Å². The molecule has 0 aromatic carbocycles. The number of nitrogens with two attached hydrogens (primary N) is 2. The summed E-state index contributed by atoms with van der Waals surface area (Å²) in [4.78, 5) is 13.9. The van der Waals surface area contributed by atoms with Gasteiger partial charge in [0.15, 0.2) is 5.82 Å². The monoisotopic (exact) mass is 340 g/mol. The normalized spacial score (nSPS) is 14.1. The molecule has 0 spiro atoms. The molecule has 3 rings (SSSR count). The van der Waals surface area contributed by atoms with Crippen LogP contribution < -0.4 is 22.2 Å². The van der Waals surface area contributed by atoms with Crippen LogP contribution in [0.1, 0.15) is 11.3 Å². The highest BCUT2D eigenvalue weighted by Gasteiger charge is 2.17. The summed E-state index contributed by atoms with van der Waals surface area (Å²) in [5.74, 6) is 7.31. The maximum absolute atomic E-state index is 5.81. The zero-order valence-electron chi connectivity index (χ0n) is 14.2. The van der Waals surface area contributed by atoms with Crippen LogP contribution in [0.2, 0.25) is 0 Å². The lowest BCUT2D eigenvalue weighted by Gasteiger charge is -2.17. The van der Waals surface area contributed by atoms with Crippen LogP contribution in [0, 0.1) is 0 Å². The predicted molar refractivity (Wildman–Crippen MR) is 98.3 cm³/mol. The number of anilines is 1. The Bertz CT molecular complexity index is 716.